The number of hydrogen-bond donors (Lipinski definition) is 2. The Kier molecular flexibility index (Phi) is 8.91. The normalized spacial score (nSPS) is 12.0. The molecule has 0 aliphatic heterocycles. The molecule has 0 bridgehead atoms. The van der Waals surface area contributed by atoms with Crippen LogP contribution >= 0.6 is 23.4 Å². The zero-order valence-corrected chi connectivity index (χ0v) is 16.1. The van der Waals surface area contributed by atoms with Crippen molar-refractivity contribution < 1.29 is 13.9 Å². The maximum atomic E-state index is 13.4. The molecule has 0 radical (unpaired) electrons. The fourth-order valence-electron chi connectivity index (χ4n) is 2.25. The molecule has 140 valence electrons. The lowest BCUT2D eigenvalue weighted by molar-refractivity contribution is -0.120. The maximum absolute atomic E-state index is 13.4. The summed E-state index contributed by atoms with van der Waals surface area (Å²) in [6, 6.07) is 14.0. The summed E-state index contributed by atoms with van der Waals surface area (Å²) in [6.07, 6.45) is 0. The van der Waals surface area contributed by atoms with Gasteiger partial charge in [0.25, 0.3) is 0 Å². The molecule has 0 fully saturated rings. The Morgan fingerprint density at radius 3 is 2.65 bits per heavy atom. The van der Waals surface area contributed by atoms with Crippen molar-refractivity contribution in [2.45, 2.75) is 10.1 Å². The van der Waals surface area contributed by atoms with E-state index in [1.165, 1.54) is 23.9 Å². The predicted octanol–water partition coefficient (Wildman–Crippen LogP) is 3.66. The minimum atomic E-state index is -0.473. The van der Waals surface area contributed by atoms with Crippen molar-refractivity contribution >= 4 is 29.3 Å². The lowest BCUT2D eigenvalue weighted by Gasteiger charge is -2.17. The van der Waals surface area contributed by atoms with Crippen LogP contribution in [0.4, 0.5) is 4.39 Å². The molecule has 1 atom stereocenters. The van der Waals surface area contributed by atoms with Gasteiger partial charge in [0.15, 0.2) is 0 Å². The number of carbonyl (C=O) groups excluding carboxylic acids is 1. The molecule has 0 heterocycles. The molecule has 2 aromatic carbocycles. The van der Waals surface area contributed by atoms with Crippen LogP contribution in [0.2, 0.25) is 5.02 Å². The number of nitrogens with one attached hydrogen (secondary N) is 2. The van der Waals surface area contributed by atoms with Gasteiger partial charge in [0.1, 0.15) is 11.1 Å². The number of benzene rings is 2. The van der Waals surface area contributed by atoms with E-state index in [9.17, 15) is 9.18 Å². The molecule has 7 heteroatoms. The molecule has 1 amide bonds. The van der Waals surface area contributed by atoms with Crippen LogP contribution in [0, 0.1) is 5.82 Å². The van der Waals surface area contributed by atoms with Gasteiger partial charge < -0.3 is 15.4 Å². The van der Waals surface area contributed by atoms with Gasteiger partial charge in [-0.15, -0.1) is 11.8 Å². The third kappa shape index (κ3) is 6.61. The summed E-state index contributed by atoms with van der Waals surface area (Å²) in [6.45, 7) is 2.53. The van der Waals surface area contributed by atoms with E-state index in [-0.39, 0.29) is 10.9 Å². The molecule has 0 spiro atoms. The highest BCUT2D eigenvalue weighted by Crippen LogP contribution is 2.36. The monoisotopic (exact) mass is 396 g/mol. The fourth-order valence-corrected chi connectivity index (χ4v) is 3.59. The number of ether oxygens (including phenoxy) is 1. The van der Waals surface area contributed by atoms with Crippen molar-refractivity contribution in [2.75, 3.05) is 33.4 Å². The molecule has 0 saturated heterocycles. The summed E-state index contributed by atoms with van der Waals surface area (Å²) < 4.78 is 18.3. The predicted molar refractivity (Wildman–Crippen MR) is 104 cm³/mol. The molecule has 2 N–H and O–H groups in total. The Morgan fingerprint density at radius 1 is 1.19 bits per heavy atom. The first-order valence-electron chi connectivity index (χ1n) is 8.26. The topological polar surface area (TPSA) is 50.4 Å². The summed E-state index contributed by atoms with van der Waals surface area (Å²) in [5.74, 6) is -0.575. The van der Waals surface area contributed by atoms with Crippen LogP contribution in [0.25, 0.3) is 0 Å². The van der Waals surface area contributed by atoms with Gasteiger partial charge in [0.2, 0.25) is 5.91 Å². The highest BCUT2D eigenvalue weighted by atomic mass is 35.5. The van der Waals surface area contributed by atoms with Crippen LogP contribution in [-0.4, -0.2) is 39.3 Å². The number of thioether (sulfide) groups is 1. The number of hydrogen-bond acceptors (Lipinski definition) is 4. The van der Waals surface area contributed by atoms with Gasteiger partial charge in [-0.25, -0.2) is 4.39 Å². The smallest absolute Gasteiger partial charge is 0.238 e. The Balaban J connectivity index is 2.01. The molecule has 4 nitrogen and oxygen atoms in total. The summed E-state index contributed by atoms with van der Waals surface area (Å²) in [5, 5.41) is 5.71. The fraction of sp³-hybridized carbons (Fsp3) is 0.316. The van der Waals surface area contributed by atoms with E-state index in [0.717, 1.165) is 17.0 Å². The first-order valence-corrected chi connectivity index (χ1v) is 9.51. The van der Waals surface area contributed by atoms with Crippen LogP contribution in [0.5, 0.6) is 0 Å². The van der Waals surface area contributed by atoms with Crippen LogP contribution in [0.3, 0.4) is 0 Å². The van der Waals surface area contributed by atoms with E-state index >= 15 is 0 Å². The first-order chi connectivity index (χ1) is 12.6. The van der Waals surface area contributed by atoms with Crippen molar-refractivity contribution in [3.05, 3.63) is 64.9 Å². The van der Waals surface area contributed by atoms with Crippen LogP contribution in [0.1, 0.15) is 10.8 Å². The molecular formula is C19H22ClFN2O2S. The summed E-state index contributed by atoms with van der Waals surface area (Å²) in [7, 11) is 1.65. The lowest BCUT2D eigenvalue weighted by Crippen LogP contribution is -2.35. The molecule has 26 heavy (non-hydrogen) atoms. The van der Waals surface area contributed by atoms with E-state index in [1.807, 2.05) is 30.3 Å². The van der Waals surface area contributed by atoms with Gasteiger partial charge in [0.05, 0.1) is 11.6 Å². The largest absolute Gasteiger partial charge is 0.383 e. The molecule has 0 aliphatic rings. The summed E-state index contributed by atoms with van der Waals surface area (Å²) in [4.78, 5) is 13.4. The SMILES string of the molecule is COCCNCCNC(=O)C(Sc1ccc(F)c(Cl)c1)c1ccccc1. The molecule has 2 aromatic rings. The van der Waals surface area contributed by atoms with Crippen LogP contribution < -0.4 is 10.6 Å². The first kappa shape index (κ1) is 20.7. The van der Waals surface area contributed by atoms with Gasteiger partial charge in [-0.1, -0.05) is 41.9 Å². The Hall–Kier alpha value is -1.60. The molecule has 0 aliphatic carbocycles. The van der Waals surface area contributed by atoms with Crippen molar-refractivity contribution in [3.63, 3.8) is 0 Å². The third-order valence-corrected chi connectivity index (χ3v) is 5.11. The molecule has 1 unspecified atom stereocenters. The van der Waals surface area contributed by atoms with Crippen molar-refractivity contribution in [3.8, 4) is 0 Å². The second-order valence-electron chi connectivity index (χ2n) is 5.52. The highest BCUT2D eigenvalue weighted by molar-refractivity contribution is 8.00. The van der Waals surface area contributed by atoms with Gasteiger partial charge in [-0.3, -0.25) is 4.79 Å². The van der Waals surface area contributed by atoms with Crippen molar-refractivity contribution in [1.82, 2.24) is 10.6 Å². The van der Waals surface area contributed by atoms with Crippen LogP contribution in [0.15, 0.2) is 53.4 Å². The van der Waals surface area contributed by atoms with Gasteiger partial charge in [-0.2, -0.15) is 0 Å². The second-order valence-corrected chi connectivity index (χ2v) is 7.10. The number of amides is 1. The number of methoxy groups -OCH3 is 1. The van der Waals surface area contributed by atoms with Crippen LogP contribution in [-0.2, 0) is 9.53 Å². The Bertz CT molecular complexity index is 703. The number of carbonyl (C=O) groups is 1. The maximum Gasteiger partial charge on any atom is 0.238 e. The standard InChI is InChI=1S/C19H22ClFN2O2S/c1-25-12-11-22-9-10-23-19(24)18(14-5-3-2-4-6-14)26-15-7-8-17(21)16(20)13-15/h2-8,13,18,22H,9-12H2,1H3,(H,23,24). The van der Waals surface area contributed by atoms with Gasteiger partial charge in [0, 0.05) is 31.6 Å². The minimum absolute atomic E-state index is 0.0459. The highest BCUT2D eigenvalue weighted by Gasteiger charge is 2.22. The van der Waals surface area contributed by atoms with Gasteiger partial charge in [-0.05, 0) is 23.8 Å². The zero-order valence-electron chi connectivity index (χ0n) is 14.5. The van der Waals surface area contributed by atoms with Gasteiger partial charge >= 0.3 is 0 Å². The number of rotatable bonds is 10. The molecule has 0 aromatic heterocycles. The zero-order chi connectivity index (χ0) is 18.8. The van der Waals surface area contributed by atoms with E-state index in [0.29, 0.717) is 19.7 Å². The number of halogens is 2. The quantitative estimate of drug-likeness (QED) is 0.475. The lowest BCUT2D eigenvalue weighted by atomic mass is 10.1. The molecule has 0 saturated carbocycles. The third-order valence-electron chi connectivity index (χ3n) is 3.57. The average molecular weight is 397 g/mol. The molecular weight excluding hydrogens is 375 g/mol. The second kappa shape index (κ2) is 11.2. The van der Waals surface area contributed by atoms with Crippen molar-refractivity contribution in [1.29, 1.82) is 0 Å². The Morgan fingerprint density at radius 2 is 1.96 bits per heavy atom. The molecule has 2 rings (SSSR count). The van der Waals surface area contributed by atoms with Crippen molar-refractivity contribution in [2.24, 2.45) is 0 Å². The van der Waals surface area contributed by atoms with E-state index in [1.54, 1.807) is 13.2 Å². The van der Waals surface area contributed by atoms with E-state index in [4.69, 9.17) is 16.3 Å². The minimum Gasteiger partial charge on any atom is -0.383 e. The van der Waals surface area contributed by atoms with E-state index in [2.05, 4.69) is 10.6 Å². The Labute approximate surface area is 162 Å². The summed E-state index contributed by atoms with van der Waals surface area (Å²) >= 11 is 7.20. The summed E-state index contributed by atoms with van der Waals surface area (Å²) in [5.41, 5.74) is 0.878. The average Bonchev–Trinajstić information content (AvgIpc) is 2.66. The van der Waals surface area contributed by atoms with E-state index < -0.39 is 11.1 Å².